The Morgan fingerprint density at radius 3 is 1.68 bits per heavy atom. The normalized spacial score (nSPS) is 21.1. The smallest absolute Gasteiger partial charge is 0.307 e. The number of nitrogens with two attached hydrogens (primary N) is 1. The molecule has 0 aliphatic carbocycles. The van der Waals surface area contributed by atoms with Crippen LogP contribution in [0.15, 0.2) is 0 Å². The van der Waals surface area contributed by atoms with Gasteiger partial charge in [0.2, 0.25) is 22.0 Å². The third kappa shape index (κ3) is 11.0. The van der Waals surface area contributed by atoms with E-state index >= 15 is 0 Å². The van der Waals surface area contributed by atoms with E-state index in [9.17, 15) is 24.0 Å². The molecule has 2 heterocycles. The van der Waals surface area contributed by atoms with Gasteiger partial charge in [-0.25, -0.2) is 0 Å². The Labute approximate surface area is 230 Å². The second-order valence-corrected chi connectivity index (χ2v) is 12.9. The molecule has 0 aromatic rings. The molecule has 0 aromatic carbocycles. The number of carbonyl (C=O) groups excluding carboxylic acids is 5. The van der Waals surface area contributed by atoms with E-state index < -0.39 is 17.6 Å². The van der Waals surface area contributed by atoms with Gasteiger partial charge < -0.3 is 20.3 Å². The molecular formula is C26H45N3O6S2. The monoisotopic (exact) mass is 559 g/mol. The van der Waals surface area contributed by atoms with Crippen LogP contribution in [0.1, 0.15) is 80.6 Å². The molecule has 9 nitrogen and oxygen atoms in total. The van der Waals surface area contributed by atoms with Crippen LogP contribution in [0.4, 0.5) is 0 Å². The number of hydrogen-bond donors (Lipinski definition) is 1. The highest BCUT2D eigenvalue weighted by atomic mass is 32.2. The molecular weight excluding hydrogens is 514 g/mol. The average molecular weight is 560 g/mol. The Morgan fingerprint density at radius 1 is 0.865 bits per heavy atom. The van der Waals surface area contributed by atoms with Crippen molar-refractivity contribution in [3.8, 4) is 0 Å². The highest BCUT2D eigenvalue weighted by molar-refractivity contribution is 8.14. The maximum absolute atomic E-state index is 12.5. The zero-order valence-electron chi connectivity index (χ0n) is 23.4. The molecule has 2 aliphatic heterocycles. The average Bonchev–Trinajstić information content (AvgIpc) is 3.47. The molecule has 2 saturated heterocycles. The zero-order chi connectivity index (χ0) is 28.3. The van der Waals surface area contributed by atoms with Gasteiger partial charge in [-0.3, -0.25) is 24.0 Å². The maximum Gasteiger partial charge on any atom is 0.307 e. The van der Waals surface area contributed by atoms with E-state index in [1.807, 2.05) is 13.8 Å². The Kier molecular flexibility index (Phi) is 14.2. The number of thioether (sulfide) groups is 2. The van der Waals surface area contributed by atoms with Gasteiger partial charge in [0, 0.05) is 19.0 Å². The summed E-state index contributed by atoms with van der Waals surface area (Å²) in [6.07, 6.45) is 3.29. The molecule has 0 aromatic heterocycles. The molecule has 11 heteroatoms. The number of nitrogens with zero attached hydrogens (tertiary/aromatic N) is 2. The molecule has 4 atom stereocenters. The molecule has 2 fully saturated rings. The van der Waals surface area contributed by atoms with E-state index in [4.69, 9.17) is 10.5 Å². The van der Waals surface area contributed by atoms with Gasteiger partial charge in [0.25, 0.3) is 0 Å². The summed E-state index contributed by atoms with van der Waals surface area (Å²) in [5.41, 5.74) is 4.99. The summed E-state index contributed by atoms with van der Waals surface area (Å²) in [5, 5.41) is 0.154. The quantitative estimate of drug-likeness (QED) is 0.446. The number of likely N-dealkylation sites (tertiary alicyclic amines) is 2. The summed E-state index contributed by atoms with van der Waals surface area (Å²) in [4.78, 5) is 63.1. The van der Waals surface area contributed by atoms with Crippen molar-refractivity contribution in [2.45, 2.75) is 104 Å². The summed E-state index contributed by atoms with van der Waals surface area (Å²) < 4.78 is 5.25. The Balaban J connectivity index is 0.000000397. The molecule has 0 saturated carbocycles. The zero-order valence-corrected chi connectivity index (χ0v) is 25.0. The Bertz CT molecular complexity index is 815. The lowest BCUT2D eigenvalue weighted by Gasteiger charge is -2.27. The molecule has 37 heavy (non-hydrogen) atoms. The largest absolute Gasteiger partial charge is 0.460 e. The molecule has 2 N–H and O–H groups in total. The summed E-state index contributed by atoms with van der Waals surface area (Å²) in [6.45, 7) is 13.9. The predicted molar refractivity (Wildman–Crippen MR) is 149 cm³/mol. The lowest BCUT2D eigenvalue weighted by atomic mass is 10.1. The minimum Gasteiger partial charge on any atom is -0.460 e. The third-order valence-corrected chi connectivity index (χ3v) is 7.58. The highest BCUT2D eigenvalue weighted by Gasteiger charge is 2.37. The number of hydrogen-bond acceptors (Lipinski definition) is 9. The summed E-state index contributed by atoms with van der Waals surface area (Å²) >= 11 is 2.55. The first-order valence-electron chi connectivity index (χ1n) is 13.1. The minimum atomic E-state index is -0.552. The van der Waals surface area contributed by atoms with Crippen LogP contribution in [0, 0.1) is 5.92 Å². The van der Waals surface area contributed by atoms with Crippen LogP contribution < -0.4 is 5.73 Å². The van der Waals surface area contributed by atoms with Crippen molar-refractivity contribution in [3.63, 3.8) is 0 Å². The van der Waals surface area contributed by atoms with Gasteiger partial charge in [0.05, 0.1) is 12.5 Å². The number of ether oxygens (including phenoxy) is 1. The highest BCUT2D eigenvalue weighted by Crippen LogP contribution is 2.26. The second-order valence-electron chi connectivity index (χ2n) is 10.4. The van der Waals surface area contributed by atoms with Crippen LogP contribution in [-0.4, -0.2) is 86.1 Å². The van der Waals surface area contributed by atoms with Crippen molar-refractivity contribution in [1.82, 2.24) is 9.80 Å². The van der Waals surface area contributed by atoms with Crippen molar-refractivity contribution < 1.29 is 28.7 Å². The van der Waals surface area contributed by atoms with Gasteiger partial charge in [0.15, 0.2) is 0 Å². The fourth-order valence-corrected chi connectivity index (χ4v) is 5.74. The van der Waals surface area contributed by atoms with Crippen molar-refractivity contribution in [2.24, 2.45) is 11.7 Å². The molecule has 2 amide bonds. The van der Waals surface area contributed by atoms with Crippen molar-refractivity contribution >= 4 is 51.5 Å². The van der Waals surface area contributed by atoms with Crippen LogP contribution >= 0.6 is 23.5 Å². The predicted octanol–water partition coefficient (Wildman–Crippen LogP) is 3.23. The fourth-order valence-electron chi connectivity index (χ4n) is 4.29. The second kappa shape index (κ2) is 15.7. The summed E-state index contributed by atoms with van der Waals surface area (Å²) in [6, 6.07) is -1.09. The van der Waals surface area contributed by atoms with Gasteiger partial charge in [-0.2, -0.15) is 0 Å². The molecule has 0 unspecified atom stereocenters. The van der Waals surface area contributed by atoms with Crippen LogP contribution in [0.3, 0.4) is 0 Å². The standard InChI is InChI=1S/C16H27NO4S.C10H18N2O2S/c1-6-22-15(20)12-8-7-9-17(12)14(19)11(2)10-13(18)21-16(3,4)5;1-3-15-10(14)8-5-4-6-12(8)9(13)7(2)11/h11-12H,6-10H2,1-5H3;7-8H,3-6,11H2,1-2H3/t11-,12+;7-,8-/m10/s1. The number of amides is 2. The first-order valence-corrected chi connectivity index (χ1v) is 15.1. The van der Waals surface area contributed by atoms with E-state index in [1.54, 1.807) is 44.4 Å². The van der Waals surface area contributed by atoms with Crippen LogP contribution in [0.2, 0.25) is 0 Å². The molecule has 212 valence electrons. The van der Waals surface area contributed by atoms with E-state index in [-0.39, 0.29) is 46.5 Å². The van der Waals surface area contributed by atoms with E-state index in [1.165, 1.54) is 23.5 Å². The van der Waals surface area contributed by atoms with E-state index in [2.05, 4.69) is 0 Å². The van der Waals surface area contributed by atoms with E-state index in [0.717, 1.165) is 31.4 Å². The van der Waals surface area contributed by atoms with E-state index in [0.29, 0.717) is 18.8 Å². The third-order valence-electron chi connectivity index (χ3n) is 5.89. The lowest BCUT2D eigenvalue weighted by molar-refractivity contribution is -0.158. The Hall–Kier alpha value is -1.59. The van der Waals surface area contributed by atoms with Crippen molar-refractivity contribution in [3.05, 3.63) is 0 Å². The topological polar surface area (TPSA) is 127 Å². The van der Waals surface area contributed by atoms with Gasteiger partial charge in [0.1, 0.15) is 17.7 Å². The number of carbonyl (C=O) groups is 5. The molecule has 0 spiro atoms. The molecule has 0 radical (unpaired) electrons. The van der Waals surface area contributed by atoms with Crippen LogP contribution in [0.25, 0.3) is 0 Å². The molecule has 0 bridgehead atoms. The summed E-state index contributed by atoms with van der Waals surface area (Å²) in [5.74, 6) is 0.398. The van der Waals surface area contributed by atoms with Crippen LogP contribution in [-0.2, 0) is 28.7 Å². The first kappa shape index (κ1) is 33.4. The number of esters is 1. The van der Waals surface area contributed by atoms with Crippen molar-refractivity contribution in [1.29, 1.82) is 0 Å². The SMILES string of the molecule is CCSC(=O)[C@@H]1CCCN1C(=O)[C@H](C)CC(=O)OC(C)(C)C.CCSC(=O)[C@@H]1CCCN1C(=O)[C@H](C)N. The first-order chi connectivity index (χ1) is 17.2. The van der Waals surface area contributed by atoms with Gasteiger partial charge in [-0.1, -0.05) is 44.3 Å². The van der Waals surface area contributed by atoms with Gasteiger partial charge in [-0.05, 0) is 64.9 Å². The fraction of sp³-hybridized carbons (Fsp3) is 0.808. The van der Waals surface area contributed by atoms with Crippen molar-refractivity contribution in [2.75, 3.05) is 24.6 Å². The molecule has 2 rings (SSSR count). The minimum absolute atomic E-state index is 0.0500. The number of rotatable bonds is 8. The van der Waals surface area contributed by atoms with Gasteiger partial charge >= 0.3 is 5.97 Å². The summed E-state index contributed by atoms with van der Waals surface area (Å²) in [7, 11) is 0. The van der Waals surface area contributed by atoms with Gasteiger partial charge in [-0.15, -0.1) is 0 Å². The molecule has 2 aliphatic rings. The lowest BCUT2D eigenvalue weighted by Crippen LogP contribution is -2.46. The maximum atomic E-state index is 12.5. The Morgan fingerprint density at radius 2 is 1.30 bits per heavy atom. The van der Waals surface area contributed by atoms with Crippen LogP contribution in [0.5, 0.6) is 0 Å².